The number of hydrogen-bond acceptors (Lipinski definition) is 6. The third kappa shape index (κ3) is 4.04. The van der Waals surface area contributed by atoms with Gasteiger partial charge in [0.2, 0.25) is 0 Å². The molecule has 0 radical (unpaired) electrons. The van der Waals surface area contributed by atoms with Gasteiger partial charge in [0.15, 0.2) is 11.6 Å². The van der Waals surface area contributed by atoms with Crippen LogP contribution < -0.4 is 0 Å². The fraction of sp³-hybridized carbons (Fsp3) is 0.333. The molecule has 0 heterocycles. The van der Waals surface area contributed by atoms with Gasteiger partial charge in [-0.1, -0.05) is 30.3 Å². The van der Waals surface area contributed by atoms with Crippen molar-refractivity contribution in [2.45, 2.75) is 13.0 Å². The fourth-order valence-corrected chi connectivity index (χ4v) is 4.60. The summed E-state index contributed by atoms with van der Waals surface area (Å²) in [5.41, 5.74) is 2.65. The number of rotatable bonds is 9. The minimum absolute atomic E-state index is 0.115. The van der Waals surface area contributed by atoms with Gasteiger partial charge in [-0.15, -0.1) is 0 Å². The quantitative estimate of drug-likeness (QED) is 0.505. The Balaban J connectivity index is 1.62. The van der Waals surface area contributed by atoms with Crippen molar-refractivity contribution in [1.29, 1.82) is 0 Å². The van der Waals surface area contributed by atoms with Gasteiger partial charge in [0, 0.05) is 34.6 Å². The largest absolute Gasteiger partial charge is 0.377 e. The predicted molar refractivity (Wildman–Crippen MR) is 108 cm³/mol. The van der Waals surface area contributed by atoms with Crippen molar-refractivity contribution in [3.05, 3.63) is 70.3 Å². The van der Waals surface area contributed by atoms with Crippen LogP contribution in [0, 0.1) is 0 Å². The molecule has 0 aliphatic heterocycles. The maximum Gasteiger partial charge on any atom is 0.194 e. The molecule has 0 fully saturated rings. The molecule has 0 spiro atoms. The molecule has 0 saturated heterocycles. The highest BCUT2D eigenvalue weighted by Crippen LogP contribution is 2.49. The van der Waals surface area contributed by atoms with Crippen LogP contribution in [0.15, 0.2) is 42.5 Å². The molecule has 1 aliphatic rings. The van der Waals surface area contributed by atoms with E-state index in [0.717, 1.165) is 5.56 Å². The van der Waals surface area contributed by atoms with E-state index in [1.165, 1.54) is 0 Å². The molecule has 0 aromatic heterocycles. The molecule has 150 valence electrons. The van der Waals surface area contributed by atoms with Gasteiger partial charge in [0.05, 0.1) is 38.8 Å². The normalized spacial score (nSPS) is 14.0. The molecule has 28 heavy (non-hydrogen) atoms. The molecule has 7 heteroatoms. The van der Waals surface area contributed by atoms with Crippen molar-refractivity contribution in [3.63, 3.8) is 0 Å². The second-order valence-electron chi connectivity index (χ2n) is 6.25. The Hall–Kier alpha value is -2.03. The molecule has 1 aliphatic carbocycles. The maximum atomic E-state index is 12.8. The summed E-state index contributed by atoms with van der Waals surface area (Å²) < 4.78 is 21.7. The summed E-state index contributed by atoms with van der Waals surface area (Å²) in [5, 5.41) is 0. The number of carbonyl (C=O) groups excluding carboxylic acids is 2. The lowest BCUT2D eigenvalue weighted by Gasteiger charge is -2.33. The monoisotopic (exact) mass is 404 g/mol. The predicted octanol–water partition coefficient (Wildman–Crippen LogP) is 3.86. The molecular weight excluding hydrogens is 380 g/mol. The SMILES string of the molecule is COS(CCCOCc1ccc2c(c1)C(=O)c1ccccc1C2=O)(OC)OC. The first kappa shape index (κ1) is 20.7. The number of ketones is 2. The van der Waals surface area contributed by atoms with E-state index < -0.39 is 10.9 Å². The number of hydrogen-bond donors (Lipinski definition) is 0. The maximum absolute atomic E-state index is 12.8. The summed E-state index contributed by atoms with van der Waals surface area (Å²) in [6, 6.07) is 12.2. The zero-order valence-electron chi connectivity index (χ0n) is 16.2. The van der Waals surface area contributed by atoms with Crippen LogP contribution in [0.4, 0.5) is 0 Å². The first-order valence-corrected chi connectivity index (χ1v) is 10.5. The molecule has 6 nitrogen and oxygen atoms in total. The highest BCUT2D eigenvalue weighted by molar-refractivity contribution is 8.21. The van der Waals surface area contributed by atoms with Crippen LogP contribution >= 0.6 is 10.9 Å². The first-order valence-electron chi connectivity index (χ1n) is 8.92. The molecule has 2 aromatic rings. The molecule has 2 aromatic carbocycles. The highest BCUT2D eigenvalue weighted by Gasteiger charge is 2.29. The second kappa shape index (κ2) is 8.98. The lowest BCUT2D eigenvalue weighted by atomic mass is 9.83. The summed E-state index contributed by atoms with van der Waals surface area (Å²) in [6.45, 7) is 0.850. The van der Waals surface area contributed by atoms with E-state index in [2.05, 4.69) is 0 Å². The molecule has 0 amide bonds. The Morgan fingerprint density at radius 1 is 0.786 bits per heavy atom. The first-order chi connectivity index (χ1) is 13.5. The molecule has 0 N–H and O–H groups in total. The van der Waals surface area contributed by atoms with Crippen LogP contribution in [0.5, 0.6) is 0 Å². The minimum Gasteiger partial charge on any atom is -0.377 e. The molecule has 0 atom stereocenters. The second-order valence-corrected chi connectivity index (χ2v) is 8.78. The van der Waals surface area contributed by atoms with Gasteiger partial charge in [-0.25, -0.2) is 0 Å². The van der Waals surface area contributed by atoms with Crippen LogP contribution in [-0.2, 0) is 23.9 Å². The molecular formula is C21H24O6S. The standard InChI is InChI=1S/C21H24O6S/c1-24-28(25-2,26-3)12-6-11-27-14-15-9-10-18-19(13-15)21(23)17-8-5-4-7-16(17)20(18)22/h4-5,7-10,13H,6,11-12,14H2,1-3H3. The Labute approximate surface area is 166 Å². The van der Waals surface area contributed by atoms with Gasteiger partial charge in [0.1, 0.15) is 0 Å². The van der Waals surface area contributed by atoms with Crippen LogP contribution in [-0.4, -0.2) is 45.3 Å². The van der Waals surface area contributed by atoms with Crippen molar-refractivity contribution in [2.24, 2.45) is 0 Å². The lowest BCUT2D eigenvalue weighted by molar-refractivity contribution is 0.0978. The number of ether oxygens (including phenoxy) is 1. The van der Waals surface area contributed by atoms with Gasteiger partial charge in [-0.05, 0) is 24.1 Å². The number of fused-ring (bicyclic) bond motifs is 2. The zero-order chi connectivity index (χ0) is 20.1. The summed E-state index contributed by atoms with van der Waals surface area (Å²) in [5.74, 6) is 0.362. The summed E-state index contributed by atoms with van der Waals surface area (Å²) in [6.07, 6.45) is 0.709. The Kier molecular flexibility index (Phi) is 6.64. The average Bonchev–Trinajstić information content (AvgIpc) is 2.75. The van der Waals surface area contributed by atoms with E-state index in [9.17, 15) is 9.59 Å². The minimum atomic E-state index is -1.97. The van der Waals surface area contributed by atoms with Crippen LogP contribution in [0.25, 0.3) is 0 Å². The van der Waals surface area contributed by atoms with E-state index in [4.69, 9.17) is 17.3 Å². The van der Waals surface area contributed by atoms with Gasteiger partial charge in [-0.3, -0.25) is 22.1 Å². The average molecular weight is 404 g/mol. The highest BCUT2D eigenvalue weighted by atomic mass is 32.3. The smallest absolute Gasteiger partial charge is 0.194 e. The van der Waals surface area contributed by atoms with Crippen molar-refractivity contribution in [3.8, 4) is 0 Å². The molecule has 0 unspecified atom stereocenters. The van der Waals surface area contributed by atoms with Crippen LogP contribution in [0.2, 0.25) is 0 Å². The lowest BCUT2D eigenvalue weighted by Crippen LogP contribution is -2.21. The van der Waals surface area contributed by atoms with Gasteiger partial charge in [-0.2, -0.15) is 0 Å². The van der Waals surface area contributed by atoms with Gasteiger partial charge in [0.25, 0.3) is 0 Å². The van der Waals surface area contributed by atoms with E-state index in [1.54, 1.807) is 57.7 Å². The topological polar surface area (TPSA) is 71.1 Å². The molecule has 0 saturated carbocycles. The van der Waals surface area contributed by atoms with Crippen molar-refractivity contribution >= 4 is 22.4 Å². The van der Waals surface area contributed by atoms with Crippen LogP contribution in [0.1, 0.15) is 43.8 Å². The Bertz CT molecular complexity index is 867. The Morgan fingerprint density at radius 2 is 1.36 bits per heavy atom. The van der Waals surface area contributed by atoms with Gasteiger partial charge >= 0.3 is 0 Å². The van der Waals surface area contributed by atoms with Gasteiger partial charge < -0.3 is 4.74 Å². The van der Waals surface area contributed by atoms with Crippen molar-refractivity contribution < 1.29 is 26.9 Å². The molecule has 3 rings (SSSR count). The van der Waals surface area contributed by atoms with Crippen molar-refractivity contribution in [1.82, 2.24) is 0 Å². The number of carbonyl (C=O) groups is 2. The van der Waals surface area contributed by atoms with E-state index >= 15 is 0 Å². The Morgan fingerprint density at radius 3 is 1.96 bits per heavy atom. The third-order valence-electron chi connectivity index (χ3n) is 4.70. The summed E-state index contributed by atoms with van der Waals surface area (Å²) in [4.78, 5) is 25.4. The molecule has 0 bridgehead atoms. The third-order valence-corrected chi connectivity index (χ3v) is 7.02. The van der Waals surface area contributed by atoms with Crippen molar-refractivity contribution in [2.75, 3.05) is 33.7 Å². The summed E-state index contributed by atoms with van der Waals surface area (Å²) in [7, 11) is 2.72. The number of benzene rings is 2. The zero-order valence-corrected chi connectivity index (χ0v) is 17.0. The van der Waals surface area contributed by atoms with E-state index in [-0.39, 0.29) is 11.6 Å². The summed E-state index contributed by atoms with van der Waals surface area (Å²) >= 11 is 0. The fourth-order valence-electron chi connectivity index (χ4n) is 3.22. The van der Waals surface area contributed by atoms with E-state index in [1.807, 2.05) is 6.07 Å². The van der Waals surface area contributed by atoms with Crippen LogP contribution in [0.3, 0.4) is 0 Å². The van der Waals surface area contributed by atoms with E-state index in [0.29, 0.717) is 47.6 Å².